The molecule has 1 unspecified atom stereocenters. The summed E-state index contributed by atoms with van der Waals surface area (Å²) in [4.78, 5) is 4.27. The van der Waals surface area contributed by atoms with Crippen LogP contribution in [0.5, 0.6) is 5.75 Å². The van der Waals surface area contributed by atoms with Gasteiger partial charge in [0.05, 0.1) is 12.6 Å². The third-order valence-corrected chi connectivity index (χ3v) is 2.37. The van der Waals surface area contributed by atoms with E-state index in [1.165, 1.54) is 0 Å². The molecule has 0 fully saturated rings. The van der Waals surface area contributed by atoms with Crippen LogP contribution in [0.4, 0.5) is 5.82 Å². The Balaban J connectivity index is 2.79. The van der Waals surface area contributed by atoms with Gasteiger partial charge in [-0.25, -0.2) is 4.98 Å². The number of hydrogen-bond acceptors (Lipinski definition) is 3. The molecule has 1 aromatic rings. The molecule has 17 heavy (non-hydrogen) atoms. The predicted molar refractivity (Wildman–Crippen MR) is 71.1 cm³/mol. The fraction of sp³-hybridized carbons (Fsp3) is 0.500. The number of anilines is 1. The largest absolute Gasteiger partial charge is 0.490 e. The van der Waals surface area contributed by atoms with Crippen molar-refractivity contribution in [2.75, 3.05) is 11.9 Å². The van der Waals surface area contributed by atoms with Crippen LogP contribution in [-0.4, -0.2) is 17.6 Å². The van der Waals surface area contributed by atoms with Gasteiger partial charge < -0.3 is 10.1 Å². The van der Waals surface area contributed by atoms with Crippen molar-refractivity contribution in [1.82, 2.24) is 4.98 Å². The summed E-state index contributed by atoms with van der Waals surface area (Å²) in [7, 11) is 0. The van der Waals surface area contributed by atoms with E-state index in [0.29, 0.717) is 12.5 Å². The van der Waals surface area contributed by atoms with E-state index < -0.39 is 0 Å². The minimum absolute atomic E-state index is 0.0334. The molecule has 0 amide bonds. The molecule has 0 saturated carbocycles. The Hall–Kier alpha value is -1.69. The fourth-order valence-corrected chi connectivity index (χ4v) is 1.38. The molecule has 1 atom stereocenters. The van der Waals surface area contributed by atoms with Crippen LogP contribution >= 0.6 is 0 Å². The first kappa shape index (κ1) is 13.4. The summed E-state index contributed by atoms with van der Waals surface area (Å²) in [5.74, 6) is 4.55. The van der Waals surface area contributed by atoms with Crippen molar-refractivity contribution in [3.63, 3.8) is 0 Å². The average Bonchev–Trinajstić information content (AvgIpc) is 2.34. The van der Waals surface area contributed by atoms with Gasteiger partial charge in [0.2, 0.25) is 0 Å². The third kappa shape index (κ3) is 3.99. The molecular weight excluding hydrogens is 212 g/mol. The molecule has 1 aromatic heterocycles. The zero-order chi connectivity index (χ0) is 12.7. The van der Waals surface area contributed by atoms with Crippen LogP contribution in [0.1, 0.15) is 27.2 Å². The van der Waals surface area contributed by atoms with E-state index in [1.54, 1.807) is 6.20 Å². The van der Waals surface area contributed by atoms with Crippen LogP contribution in [-0.2, 0) is 0 Å². The number of pyridine rings is 1. The van der Waals surface area contributed by atoms with Gasteiger partial charge in [-0.15, -0.1) is 6.42 Å². The summed E-state index contributed by atoms with van der Waals surface area (Å²) in [6, 6.07) is 3.73. The van der Waals surface area contributed by atoms with Gasteiger partial charge in [-0.3, -0.25) is 0 Å². The number of terminal acetylenes is 1. The lowest BCUT2D eigenvalue weighted by atomic mass is 10.1. The Morgan fingerprint density at radius 1 is 1.53 bits per heavy atom. The maximum Gasteiger partial charge on any atom is 0.169 e. The van der Waals surface area contributed by atoms with E-state index in [4.69, 9.17) is 11.2 Å². The van der Waals surface area contributed by atoms with Gasteiger partial charge in [-0.05, 0) is 24.5 Å². The minimum Gasteiger partial charge on any atom is -0.490 e. The smallest absolute Gasteiger partial charge is 0.169 e. The monoisotopic (exact) mass is 232 g/mol. The molecule has 3 nitrogen and oxygen atoms in total. The third-order valence-electron chi connectivity index (χ3n) is 2.37. The van der Waals surface area contributed by atoms with E-state index in [0.717, 1.165) is 18.0 Å². The Bertz CT molecular complexity index is 382. The molecule has 0 aliphatic rings. The topological polar surface area (TPSA) is 34.2 Å². The minimum atomic E-state index is -0.0334. The maximum atomic E-state index is 5.62. The highest BCUT2D eigenvalue weighted by Crippen LogP contribution is 2.22. The fourth-order valence-electron chi connectivity index (χ4n) is 1.38. The average molecular weight is 232 g/mol. The highest BCUT2D eigenvalue weighted by Gasteiger charge is 2.13. The summed E-state index contributed by atoms with van der Waals surface area (Å²) in [6.07, 6.45) is 8.19. The zero-order valence-electron chi connectivity index (χ0n) is 10.7. The summed E-state index contributed by atoms with van der Waals surface area (Å²) in [5.41, 5.74) is 0. The first-order valence-corrected chi connectivity index (χ1v) is 5.99. The SMILES string of the molecule is C#CC(Nc1ncccc1OCCC)C(C)C. The molecule has 0 spiro atoms. The number of rotatable bonds is 6. The molecule has 0 bridgehead atoms. The van der Waals surface area contributed by atoms with E-state index in [2.05, 4.69) is 37.0 Å². The second kappa shape index (κ2) is 6.80. The molecule has 0 aromatic carbocycles. The summed E-state index contributed by atoms with van der Waals surface area (Å²) in [6.45, 7) is 6.91. The lowest BCUT2D eigenvalue weighted by molar-refractivity contribution is 0.317. The van der Waals surface area contributed by atoms with Crippen LogP contribution in [0, 0.1) is 18.3 Å². The van der Waals surface area contributed by atoms with E-state index in [1.807, 2.05) is 12.1 Å². The van der Waals surface area contributed by atoms with Crippen LogP contribution in [0.3, 0.4) is 0 Å². The lowest BCUT2D eigenvalue weighted by Crippen LogP contribution is -2.24. The van der Waals surface area contributed by atoms with E-state index in [9.17, 15) is 0 Å². The van der Waals surface area contributed by atoms with Gasteiger partial charge >= 0.3 is 0 Å². The van der Waals surface area contributed by atoms with Gasteiger partial charge in [0.1, 0.15) is 0 Å². The molecule has 92 valence electrons. The number of ether oxygens (including phenoxy) is 1. The summed E-state index contributed by atoms with van der Waals surface area (Å²) in [5, 5.41) is 3.23. The van der Waals surface area contributed by atoms with Gasteiger partial charge in [-0.2, -0.15) is 0 Å². The first-order valence-electron chi connectivity index (χ1n) is 5.99. The van der Waals surface area contributed by atoms with Crippen molar-refractivity contribution in [3.8, 4) is 18.1 Å². The molecule has 0 radical (unpaired) electrons. The number of aromatic nitrogens is 1. The zero-order valence-corrected chi connectivity index (χ0v) is 10.7. The second-order valence-electron chi connectivity index (χ2n) is 4.23. The highest BCUT2D eigenvalue weighted by atomic mass is 16.5. The highest BCUT2D eigenvalue weighted by molar-refractivity contribution is 5.51. The second-order valence-corrected chi connectivity index (χ2v) is 4.23. The van der Waals surface area contributed by atoms with Gasteiger partial charge in [0, 0.05) is 6.20 Å². The molecular formula is C14H20N2O. The van der Waals surface area contributed by atoms with Crippen molar-refractivity contribution < 1.29 is 4.74 Å². The van der Waals surface area contributed by atoms with Crippen molar-refractivity contribution in [3.05, 3.63) is 18.3 Å². The molecule has 0 aliphatic heterocycles. The van der Waals surface area contributed by atoms with Gasteiger partial charge in [0.25, 0.3) is 0 Å². The van der Waals surface area contributed by atoms with E-state index in [-0.39, 0.29) is 6.04 Å². The van der Waals surface area contributed by atoms with Crippen LogP contribution in [0.2, 0.25) is 0 Å². The lowest BCUT2D eigenvalue weighted by Gasteiger charge is -2.19. The van der Waals surface area contributed by atoms with Crippen molar-refractivity contribution in [2.45, 2.75) is 33.2 Å². The summed E-state index contributed by atoms with van der Waals surface area (Å²) >= 11 is 0. The normalized spacial score (nSPS) is 11.9. The predicted octanol–water partition coefficient (Wildman–Crippen LogP) is 2.94. The number of hydrogen-bond donors (Lipinski definition) is 1. The van der Waals surface area contributed by atoms with E-state index >= 15 is 0 Å². The quantitative estimate of drug-likeness (QED) is 0.766. The Labute approximate surface area is 104 Å². The van der Waals surface area contributed by atoms with Crippen molar-refractivity contribution in [1.29, 1.82) is 0 Å². The van der Waals surface area contributed by atoms with Crippen LogP contribution in [0.15, 0.2) is 18.3 Å². The summed E-state index contributed by atoms with van der Waals surface area (Å²) < 4.78 is 5.62. The molecule has 1 heterocycles. The number of nitrogens with one attached hydrogen (secondary N) is 1. The standard InChI is InChI=1S/C14H20N2O/c1-5-10-17-13-8-7-9-15-14(13)16-12(6-2)11(3)4/h2,7-9,11-12H,5,10H2,1,3-4H3,(H,15,16). The molecule has 0 saturated heterocycles. The Morgan fingerprint density at radius 3 is 2.88 bits per heavy atom. The Kier molecular flexibility index (Phi) is 5.35. The van der Waals surface area contributed by atoms with Crippen LogP contribution < -0.4 is 10.1 Å². The Morgan fingerprint density at radius 2 is 2.29 bits per heavy atom. The van der Waals surface area contributed by atoms with Crippen molar-refractivity contribution >= 4 is 5.82 Å². The molecule has 1 rings (SSSR count). The van der Waals surface area contributed by atoms with Crippen molar-refractivity contribution in [2.24, 2.45) is 5.92 Å². The molecule has 1 N–H and O–H groups in total. The van der Waals surface area contributed by atoms with Crippen LogP contribution in [0.25, 0.3) is 0 Å². The molecule has 3 heteroatoms. The number of nitrogens with zero attached hydrogens (tertiary/aromatic N) is 1. The van der Waals surface area contributed by atoms with Gasteiger partial charge in [0.15, 0.2) is 11.6 Å². The van der Waals surface area contributed by atoms with Gasteiger partial charge in [-0.1, -0.05) is 26.7 Å². The maximum absolute atomic E-state index is 5.62. The first-order chi connectivity index (χ1) is 8.19. The molecule has 0 aliphatic carbocycles.